The van der Waals surface area contributed by atoms with Gasteiger partial charge in [0.1, 0.15) is 0 Å². The van der Waals surface area contributed by atoms with Crippen LogP contribution in [0, 0.1) is 5.92 Å². The molecular formula is C13H22N2O4. The number of carbonyl (C=O) groups excluding carboxylic acids is 2. The lowest BCUT2D eigenvalue weighted by atomic mass is 10.1. The molecule has 19 heavy (non-hydrogen) atoms. The van der Waals surface area contributed by atoms with Gasteiger partial charge < -0.3 is 10.0 Å². The second-order valence-electron chi connectivity index (χ2n) is 4.96. The van der Waals surface area contributed by atoms with Crippen LogP contribution in [0.1, 0.15) is 45.4 Å². The molecule has 0 radical (unpaired) electrons. The van der Waals surface area contributed by atoms with Crippen molar-refractivity contribution >= 4 is 17.9 Å². The van der Waals surface area contributed by atoms with E-state index >= 15 is 0 Å². The van der Waals surface area contributed by atoms with E-state index in [0.717, 1.165) is 12.8 Å². The number of rotatable bonds is 6. The molecule has 1 fully saturated rings. The van der Waals surface area contributed by atoms with E-state index in [4.69, 9.17) is 5.11 Å². The standard InChI is InChI=1S/C13H22N2O4/c1-2-10-7-8-15(9-10)13(19)14-11(16)5-3-4-6-12(17)18/h10H,2-9H2,1H3,(H,17,18)(H,14,16,19). The van der Waals surface area contributed by atoms with E-state index in [1.54, 1.807) is 4.90 Å². The Kier molecular flexibility index (Phi) is 6.32. The summed E-state index contributed by atoms with van der Waals surface area (Å²) < 4.78 is 0. The van der Waals surface area contributed by atoms with E-state index in [0.29, 0.717) is 31.8 Å². The Morgan fingerprint density at radius 2 is 1.95 bits per heavy atom. The quantitative estimate of drug-likeness (QED) is 0.718. The van der Waals surface area contributed by atoms with E-state index in [2.05, 4.69) is 12.2 Å². The van der Waals surface area contributed by atoms with Crippen molar-refractivity contribution in [2.45, 2.75) is 45.4 Å². The van der Waals surface area contributed by atoms with Crippen LogP contribution in [0.3, 0.4) is 0 Å². The van der Waals surface area contributed by atoms with Gasteiger partial charge in [-0.1, -0.05) is 13.3 Å². The SMILES string of the molecule is CCC1CCN(C(=O)NC(=O)CCCCC(=O)O)C1. The summed E-state index contributed by atoms with van der Waals surface area (Å²) in [7, 11) is 0. The molecule has 108 valence electrons. The highest BCUT2D eigenvalue weighted by molar-refractivity contribution is 5.94. The molecule has 0 aliphatic carbocycles. The second-order valence-corrected chi connectivity index (χ2v) is 4.96. The molecule has 1 unspecified atom stereocenters. The Morgan fingerprint density at radius 3 is 2.53 bits per heavy atom. The van der Waals surface area contributed by atoms with Gasteiger partial charge in [0.25, 0.3) is 0 Å². The molecule has 6 nitrogen and oxygen atoms in total. The van der Waals surface area contributed by atoms with Gasteiger partial charge in [-0.25, -0.2) is 4.79 Å². The number of imide groups is 1. The minimum atomic E-state index is -0.862. The first kappa shape index (κ1) is 15.5. The van der Waals surface area contributed by atoms with Crippen LogP contribution in [0.4, 0.5) is 4.79 Å². The minimum absolute atomic E-state index is 0.0610. The Hall–Kier alpha value is -1.59. The second kappa shape index (κ2) is 7.76. The van der Waals surface area contributed by atoms with Crippen LogP contribution in [0.2, 0.25) is 0 Å². The third-order valence-electron chi connectivity index (χ3n) is 3.44. The summed E-state index contributed by atoms with van der Waals surface area (Å²) in [5, 5.41) is 10.8. The molecule has 0 saturated carbocycles. The first-order valence-electron chi connectivity index (χ1n) is 6.83. The number of nitrogens with zero attached hydrogens (tertiary/aromatic N) is 1. The fourth-order valence-electron chi connectivity index (χ4n) is 2.17. The van der Waals surface area contributed by atoms with Gasteiger partial charge in [0.2, 0.25) is 5.91 Å². The van der Waals surface area contributed by atoms with Gasteiger partial charge in [-0.15, -0.1) is 0 Å². The number of hydrogen-bond donors (Lipinski definition) is 2. The number of carboxylic acids is 1. The number of aliphatic carboxylic acids is 1. The summed E-state index contributed by atoms with van der Waals surface area (Å²) in [5.41, 5.74) is 0. The van der Waals surface area contributed by atoms with Gasteiger partial charge in [0, 0.05) is 25.9 Å². The number of carboxylic acid groups (broad SMARTS) is 1. The lowest BCUT2D eigenvalue weighted by molar-refractivity contribution is -0.137. The summed E-state index contributed by atoms with van der Waals surface area (Å²) in [6, 6.07) is -0.320. The van der Waals surface area contributed by atoms with Crippen molar-refractivity contribution in [3.05, 3.63) is 0 Å². The fourth-order valence-corrected chi connectivity index (χ4v) is 2.17. The van der Waals surface area contributed by atoms with Gasteiger partial charge in [0.05, 0.1) is 0 Å². The molecule has 1 atom stereocenters. The molecule has 1 rings (SSSR count). The molecule has 0 aromatic heterocycles. The smallest absolute Gasteiger partial charge is 0.324 e. The third kappa shape index (κ3) is 5.72. The molecule has 1 saturated heterocycles. The Labute approximate surface area is 113 Å². The van der Waals surface area contributed by atoms with Gasteiger partial charge >= 0.3 is 12.0 Å². The Morgan fingerprint density at radius 1 is 1.26 bits per heavy atom. The maximum atomic E-state index is 11.8. The molecule has 1 heterocycles. The summed E-state index contributed by atoms with van der Waals surface area (Å²) in [6.45, 7) is 3.52. The molecule has 2 N–H and O–H groups in total. The summed E-state index contributed by atoms with van der Waals surface area (Å²) in [6.07, 6.45) is 3.25. The summed E-state index contributed by atoms with van der Waals surface area (Å²) >= 11 is 0. The van der Waals surface area contributed by atoms with Gasteiger partial charge in [-0.3, -0.25) is 14.9 Å². The largest absolute Gasteiger partial charge is 0.481 e. The van der Waals surface area contributed by atoms with Crippen LogP contribution in [-0.2, 0) is 9.59 Å². The highest BCUT2D eigenvalue weighted by atomic mass is 16.4. The number of hydrogen-bond acceptors (Lipinski definition) is 3. The normalized spacial score (nSPS) is 18.4. The van der Waals surface area contributed by atoms with Crippen LogP contribution in [-0.4, -0.2) is 41.0 Å². The van der Waals surface area contributed by atoms with Gasteiger partial charge in [-0.05, 0) is 25.2 Å². The summed E-state index contributed by atoms with van der Waals surface area (Å²) in [4.78, 5) is 35.2. The van der Waals surface area contributed by atoms with Crippen LogP contribution in [0.15, 0.2) is 0 Å². The van der Waals surface area contributed by atoms with Crippen molar-refractivity contribution in [1.29, 1.82) is 0 Å². The molecule has 1 aliphatic rings. The van der Waals surface area contributed by atoms with E-state index in [9.17, 15) is 14.4 Å². The average Bonchev–Trinajstić information content (AvgIpc) is 2.83. The van der Waals surface area contributed by atoms with E-state index < -0.39 is 5.97 Å². The van der Waals surface area contributed by atoms with Gasteiger partial charge in [-0.2, -0.15) is 0 Å². The molecular weight excluding hydrogens is 248 g/mol. The lowest BCUT2D eigenvalue weighted by Gasteiger charge is -2.16. The maximum Gasteiger partial charge on any atom is 0.324 e. The number of urea groups is 1. The number of carbonyl (C=O) groups is 3. The Balaban J connectivity index is 2.18. The van der Waals surface area contributed by atoms with E-state index in [1.807, 2.05) is 0 Å². The van der Waals surface area contributed by atoms with Crippen LogP contribution >= 0.6 is 0 Å². The van der Waals surface area contributed by atoms with Crippen molar-refractivity contribution in [3.63, 3.8) is 0 Å². The van der Waals surface area contributed by atoms with Crippen LogP contribution in [0.5, 0.6) is 0 Å². The number of nitrogens with one attached hydrogen (secondary N) is 1. The molecule has 3 amide bonds. The monoisotopic (exact) mass is 270 g/mol. The molecule has 1 aliphatic heterocycles. The van der Waals surface area contributed by atoms with E-state index in [1.165, 1.54) is 0 Å². The highest BCUT2D eigenvalue weighted by Crippen LogP contribution is 2.18. The number of likely N-dealkylation sites (tertiary alicyclic amines) is 1. The fraction of sp³-hybridized carbons (Fsp3) is 0.769. The molecule has 0 aromatic rings. The first-order chi connectivity index (χ1) is 9.02. The van der Waals surface area contributed by atoms with Crippen molar-refractivity contribution in [2.75, 3.05) is 13.1 Å². The zero-order valence-corrected chi connectivity index (χ0v) is 11.4. The third-order valence-corrected chi connectivity index (χ3v) is 3.44. The maximum absolute atomic E-state index is 11.8. The van der Waals surface area contributed by atoms with Crippen molar-refractivity contribution in [3.8, 4) is 0 Å². The molecule has 0 aromatic carbocycles. The summed E-state index contributed by atoms with van der Waals surface area (Å²) in [5.74, 6) is -0.647. The zero-order valence-electron chi connectivity index (χ0n) is 11.4. The van der Waals surface area contributed by atoms with Gasteiger partial charge in [0.15, 0.2) is 0 Å². The number of amides is 3. The lowest BCUT2D eigenvalue weighted by Crippen LogP contribution is -2.41. The van der Waals surface area contributed by atoms with E-state index in [-0.39, 0.29) is 24.8 Å². The predicted octanol–water partition coefficient (Wildman–Crippen LogP) is 1.60. The van der Waals surface area contributed by atoms with Crippen LogP contribution in [0.25, 0.3) is 0 Å². The predicted molar refractivity (Wildman–Crippen MR) is 69.6 cm³/mol. The molecule has 0 bridgehead atoms. The van der Waals surface area contributed by atoms with Crippen molar-refractivity contribution in [2.24, 2.45) is 5.92 Å². The molecule has 0 spiro atoms. The minimum Gasteiger partial charge on any atom is -0.481 e. The first-order valence-corrected chi connectivity index (χ1v) is 6.83. The van der Waals surface area contributed by atoms with Crippen LogP contribution < -0.4 is 5.32 Å². The van der Waals surface area contributed by atoms with Crippen molar-refractivity contribution in [1.82, 2.24) is 10.2 Å². The highest BCUT2D eigenvalue weighted by Gasteiger charge is 2.25. The zero-order chi connectivity index (χ0) is 14.3. The average molecular weight is 270 g/mol. The number of unbranched alkanes of at least 4 members (excludes halogenated alkanes) is 1. The topological polar surface area (TPSA) is 86.7 Å². The molecule has 6 heteroatoms. The Bertz CT molecular complexity index is 344. The van der Waals surface area contributed by atoms with Crippen molar-refractivity contribution < 1.29 is 19.5 Å².